The molecule has 0 aliphatic rings. The van der Waals surface area contributed by atoms with E-state index in [0.717, 1.165) is 25.1 Å². The van der Waals surface area contributed by atoms with Crippen molar-refractivity contribution >= 4 is 11.8 Å². The van der Waals surface area contributed by atoms with Crippen LogP contribution in [0, 0.1) is 0 Å². The van der Waals surface area contributed by atoms with Crippen molar-refractivity contribution in [2.75, 3.05) is 33.7 Å². The summed E-state index contributed by atoms with van der Waals surface area (Å²) in [5.41, 5.74) is 0.903. The van der Waals surface area contributed by atoms with Gasteiger partial charge in [-0.05, 0) is 39.2 Å². The van der Waals surface area contributed by atoms with Crippen molar-refractivity contribution in [1.29, 1.82) is 0 Å². The summed E-state index contributed by atoms with van der Waals surface area (Å²) in [5, 5.41) is 5.47. The zero-order valence-electron chi connectivity index (χ0n) is 12.2. The lowest BCUT2D eigenvalue weighted by Crippen LogP contribution is -2.39. The fraction of sp³-hybridized carbons (Fsp3) is 0.467. The second kappa shape index (κ2) is 9.23. The minimum absolute atomic E-state index is 0.232. The minimum Gasteiger partial charge on any atom is -0.320 e. The smallest absolute Gasteiger partial charge is 0.240 e. The number of nitrogens with zero attached hydrogens (tertiary/aromatic N) is 1. The second-order valence-electron chi connectivity index (χ2n) is 4.83. The van der Waals surface area contributed by atoms with Gasteiger partial charge in [0.2, 0.25) is 11.8 Å². The molecule has 0 aliphatic carbocycles. The normalized spacial score (nSPS) is 10.6. The van der Waals surface area contributed by atoms with Crippen molar-refractivity contribution in [2.45, 2.75) is 12.8 Å². The molecule has 0 fully saturated rings. The first-order chi connectivity index (χ1) is 9.61. The number of likely N-dealkylation sites (N-methyl/N-ethyl adjacent to an activating group) is 1. The molecule has 1 rings (SSSR count). The largest absolute Gasteiger partial charge is 0.320 e. The van der Waals surface area contributed by atoms with Crippen LogP contribution in [-0.4, -0.2) is 50.4 Å². The number of nitrogens with one attached hydrogen (secondary N) is 2. The van der Waals surface area contributed by atoms with E-state index in [4.69, 9.17) is 0 Å². The fourth-order valence-corrected chi connectivity index (χ4v) is 1.87. The zero-order chi connectivity index (χ0) is 14.8. The van der Waals surface area contributed by atoms with E-state index >= 15 is 0 Å². The Bertz CT molecular complexity index is 420. The Hall–Kier alpha value is -1.72. The first-order valence-electron chi connectivity index (χ1n) is 6.81. The van der Waals surface area contributed by atoms with E-state index in [2.05, 4.69) is 10.6 Å². The summed E-state index contributed by atoms with van der Waals surface area (Å²) in [6.45, 7) is 1.98. The summed E-state index contributed by atoms with van der Waals surface area (Å²) in [5.74, 6) is -0.511. The average Bonchev–Trinajstić information content (AvgIpc) is 2.39. The van der Waals surface area contributed by atoms with Gasteiger partial charge in [-0.3, -0.25) is 19.8 Å². The maximum atomic E-state index is 11.7. The van der Waals surface area contributed by atoms with E-state index in [1.807, 2.05) is 49.3 Å². The van der Waals surface area contributed by atoms with Crippen LogP contribution in [0.1, 0.15) is 12.0 Å². The first kappa shape index (κ1) is 16.3. The molecular formula is C15H23N3O2. The second-order valence-corrected chi connectivity index (χ2v) is 4.83. The van der Waals surface area contributed by atoms with Crippen molar-refractivity contribution in [1.82, 2.24) is 15.5 Å². The third kappa shape index (κ3) is 7.01. The molecule has 0 spiro atoms. The average molecular weight is 277 g/mol. The Morgan fingerprint density at radius 3 is 2.50 bits per heavy atom. The van der Waals surface area contributed by atoms with Crippen molar-refractivity contribution in [2.24, 2.45) is 0 Å². The van der Waals surface area contributed by atoms with Crippen LogP contribution in [0.3, 0.4) is 0 Å². The lowest BCUT2D eigenvalue weighted by atomic mass is 10.1. The van der Waals surface area contributed by atoms with Crippen molar-refractivity contribution in [3.05, 3.63) is 35.9 Å². The predicted octanol–water partition coefficient (Wildman–Crippen LogP) is 0.413. The molecule has 20 heavy (non-hydrogen) atoms. The molecule has 5 heteroatoms. The van der Waals surface area contributed by atoms with Gasteiger partial charge in [-0.2, -0.15) is 0 Å². The maximum Gasteiger partial charge on any atom is 0.240 e. The van der Waals surface area contributed by atoms with Crippen LogP contribution in [0.5, 0.6) is 0 Å². The third-order valence-corrected chi connectivity index (χ3v) is 2.87. The van der Waals surface area contributed by atoms with Gasteiger partial charge in [-0.1, -0.05) is 30.3 Å². The van der Waals surface area contributed by atoms with E-state index in [1.165, 1.54) is 0 Å². The zero-order valence-corrected chi connectivity index (χ0v) is 12.2. The quantitative estimate of drug-likeness (QED) is 0.676. The fourth-order valence-electron chi connectivity index (χ4n) is 1.87. The van der Waals surface area contributed by atoms with Crippen LogP contribution in [0.2, 0.25) is 0 Å². The highest BCUT2D eigenvalue weighted by molar-refractivity contribution is 5.96. The Labute approximate surface area is 120 Å². The summed E-state index contributed by atoms with van der Waals surface area (Å²) in [6, 6.07) is 9.38. The molecule has 0 heterocycles. The molecule has 1 aromatic carbocycles. The van der Waals surface area contributed by atoms with E-state index in [-0.39, 0.29) is 24.8 Å². The SMILES string of the molecule is CNCCCN(C)CC(=O)NC(=O)Cc1ccccc1. The minimum atomic E-state index is -0.259. The number of hydrogen-bond donors (Lipinski definition) is 2. The van der Waals surface area contributed by atoms with E-state index in [1.54, 1.807) is 0 Å². The summed E-state index contributed by atoms with van der Waals surface area (Å²) >= 11 is 0. The maximum absolute atomic E-state index is 11.7. The molecule has 0 saturated carbocycles. The van der Waals surface area contributed by atoms with E-state index < -0.39 is 0 Å². The molecule has 0 bridgehead atoms. The van der Waals surface area contributed by atoms with Crippen molar-refractivity contribution in [3.63, 3.8) is 0 Å². The molecular weight excluding hydrogens is 254 g/mol. The van der Waals surface area contributed by atoms with Gasteiger partial charge in [-0.25, -0.2) is 0 Å². The Balaban J connectivity index is 2.26. The van der Waals surface area contributed by atoms with Crippen LogP contribution in [-0.2, 0) is 16.0 Å². The molecule has 0 radical (unpaired) electrons. The van der Waals surface area contributed by atoms with Gasteiger partial charge in [0, 0.05) is 0 Å². The summed E-state index contributed by atoms with van der Waals surface area (Å²) in [6.07, 6.45) is 1.20. The van der Waals surface area contributed by atoms with Gasteiger partial charge in [-0.15, -0.1) is 0 Å². The van der Waals surface area contributed by atoms with Crippen LogP contribution < -0.4 is 10.6 Å². The lowest BCUT2D eigenvalue weighted by Gasteiger charge is -2.15. The number of benzene rings is 1. The molecule has 110 valence electrons. The first-order valence-corrected chi connectivity index (χ1v) is 6.81. The molecule has 5 nitrogen and oxygen atoms in total. The molecule has 2 amide bonds. The predicted molar refractivity (Wildman–Crippen MR) is 79.3 cm³/mol. The number of carbonyl (C=O) groups is 2. The third-order valence-electron chi connectivity index (χ3n) is 2.87. The van der Waals surface area contributed by atoms with Crippen LogP contribution in [0.15, 0.2) is 30.3 Å². The van der Waals surface area contributed by atoms with E-state index in [9.17, 15) is 9.59 Å². The monoisotopic (exact) mass is 277 g/mol. The standard InChI is InChI=1S/C15H23N3O2/c1-16-9-6-10-18(2)12-15(20)17-14(19)11-13-7-4-3-5-8-13/h3-5,7-8,16H,6,9-12H2,1-2H3,(H,17,19,20). The van der Waals surface area contributed by atoms with Gasteiger partial charge >= 0.3 is 0 Å². The van der Waals surface area contributed by atoms with Crippen molar-refractivity contribution in [3.8, 4) is 0 Å². The number of rotatable bonds is 8. The van der Waals surface area contributed by atoms with Crippen LogP contribution in [0.25, 0.3) is 0 Å². The summed E-state index contributed by atoms with van der Waals surface area (Å²) in [4.78, 5) is 25.3. The number of hydrogen-bond acceptors (Lipinski definition) is 4. The lowest BCUT2D eigenvalue weighted by molar-refractivity contribution is -0.130. The highest BCUT2D eigenvalue weighted by Crippen LogP contribution is 1.99. The number of amides is 2. The van der Waals surface area contributed by atoms with E-state index in [0.29, 0.717) is 0 Å². The Morgan fingerprint density at radius 2 is 1.85 bits per heavy atom. The molecule has 0 aromatic heterocycles. The molecule has 0 saturated heterocycles. The molecule has 2 N–H and O–H groups in total. The number of imide groups is 1. The van der Waals surface area contributed by atoms with Crippen LogP contribution in [0.4, 0.5) is 0 Å². The molecule has 1 aromatic rings. The molecule has 0 atom stereocenters. The van der Waals surface area contributed by atoms with Crippen molar-refractivity contribution < 1.29 is 9.59 Å². The van der Waals surface area contributed by atoms with Gasteiger partial charge in [0.05, 0.1) is 13.0 Å². The van der Waals surface area contributed by atoms with Crippen LogP contribution >= 0.6 is 0 Å². The Morgan fingerprint density at radius 1 is 1.15 bits per heavy atom. The molecule has 0 unspecified atom stereocenters. The topological polar surface area (TPSA) is 61.4 Å². The highest BCUT2D eigenvalue weighted by atomic mass is 16.2. The summed E-state index contributed by atoms with van der Waals surface area (Å²) < 4.78 is 0. The van der Waals surface area contributed by atoms with Gasteiger partial charge in [0.15, 0.2) is 0 Å². The Kier molecular flexibility index (Phi) is 7.54. The molecule has 0 aliphatic heterocycles. The van der Waals surface area contributed by atoms with Gasteiger partial charge < -0.3 is 5.32 Å². The van der Waals surface area contributed by atoms with Gasteiger partial charge in [0.25, 0.3) is 0 Å². The summed E-state index contributed by atoms with van der Waals surface area (Å²) in [7, 11) is 3.77. The highest BCUT2D eigenvalue weighted by Gasteiger charge is 2.10. The van der Waals surface area contributed by atoms with Gasteiger partial charge in [0.1, 0.15) is 0 Å². The number of carbonyl (C=O) groups excluding carboxylic acids is 2.